The van der Waals surface area contributed by atoms with Crippen molar-refractivity contribution in [2.75, 3.05) is 0 Å². The number of para-hydroxylation sites is 1. The lowest BCUT2D eigenvalue weighted by atomic mass is 10.1. The Morgan fingerprint density at radius 3 is 2.37 bits per heavy atom. The molecule has 2 aromatic heterocycles. The monoisotopic (exact) mass is 360 g/mol. The number of benzene rings is 2. The second kappa shape index (κ2) is 6.21. The highest BCUT2D eigenvalue weighted by Gasteiger charge is 2.19. The Balaban J connectivity index is 1.85. The smallest absolute Gasteiger partial charge is 0.275 e. The molecule has 0 radical (unpaired) electrons. The number of aromatic carboxylic acids is 1. The summed E-state index contributed by atoms with van der Waals surface area (Å²) in [7, 11) is 0. The summed E-state index contributed by atoms with van der Waals surface area (Å²) in [5.74, 6) is -1.84. The second-order valence-corrected chi connectivity index (χ2v) is 6.24. The Bertz CT molecular complexity index is 1280. The molecule has 1 N–H and O–H groups in total. The number of Topliss-reactive ketones (excluding diaryl/α,β-unsaturated/α-hetero) is 1. The first-order valence-corrected chi connectivity index (χ1v) is 8.29. The van der Waals surface area contributed by atoms with E-state index in [1.807, 2.05) is 24.3 Å². The lowest BCUT2D eigenvalue weighted by Crippen LogP contribution is -2.32. The number of nitrogens with zero attached hydrogens (tertiary/aromatic N) is 2. The van der Waals surface area contributed by atoms with E-state index >= 15 is 0 Å². The Kier molecular flexibility index (Phi) is 3.84. The highest BCUT2D eigenvalue weighted by molar-refractivity contribution is 6.09. The molecule has 0 spiro atoms. The van der Waals surface area contributed by atoms with Gasteiger partial charge in [0.2, 0.25) is 0 Å². The average Bonchev–Trinajstić information content (AvgIpc) is 2.99. The van der Waals surface area contributed by atoms with Gasteiger partial charge in [0.1, 0.15) is 12.2 Å². The number of ketones is 1. The molecule has 7 heteroatoms. The van der Waals surface area contributed by atoms with Crippen molar-refractivity contribution in [3.05, 3.63) is 75.8 Å². The molecule has 0 aliphatic rings. The largest absolute Gasteiger partial charge is 0.543 e. The molecule has 0 saturated carbocycles. The van der Waals surface area contributed by atoms with Crippen molar-refractivity contribution < 1.29 is 14.7 Å². The number of hydrogen-bond donors (Lipinski definition) is 1. The van der Waals surface area contributed by atoms with E-state index in [1.54, 1.807) is 19.1 Å². The molecular weight excluding hydrogens is 346 g/mol. The predicted octanol–water partition coefficient (Wildman–Crippen LogP) is 1.43. The van der Waals surface area contributed by atoms with Crippen LogP contribution in [0.25, 0.3) is 21.7 Å². The molecule has 0 fully saturated rings. The molecule has 7 nitrogen and oxygen atoms in total. The number of aromatic nitrogens is 3. The highest BCUT2D eigenvalue weighted by atomic mass is 16.4. The summed E-state index contributed by atoms with van der Waals surface area (Å²) < 4.78 is 0.886. The Hall–Kier alpha value is -3.74. The van der Waals surface area contributed by atoms with E-state index in [2.05, 4.69) is 10.1 Å². The van der Waals surface area contributed by atoms with Gasteiger partial charge in [-0.1, -0.05) is 36.4 Å². The van der Waals surface area contributed by atoms with Crippen LogP contribution in [0.4, 0.5) is 0 Å². The second-order valence-electron chi connectivity index (χ2n) is 6.24. The topological polar surface area (TPSA) is 108 Å². The number of carbonyl (C=O) groups is 2. The predicted molar refractivity (Wildman–Crippen MR) is 97.7 cm³/mol. The van der Waals surface area contributed by atoms with Crippen molar-refractivity contribution in [2.24, 2.45) is 0 Å². The molecule has 0 atom stereocenters. The maximum Gasteiger partial charge on any atom is 0.275 e. The Labute approximate surface area is 152 Å². The average molecular weight is 360 g/mol. The van der Waals surface area contributed by atoms with Crippen LogP contribution in [0.1, 0.15) is 26.5 Å². The van der Waals surface area contributed by atoms with Crippen molar-refractivity contribution in [1.29, 1.82) is 0 Å². The number of aryl methyl sites for hydroxylation is 1. The fourth-order valence-corrected chi connectivity index (χ4v) is 3.34. The zero-order chi connectivity index (χ0) is 19.1. The fraction of sp³-hybridized carbons (Fsp3) is 0.100. The van der Waals surface area contributed by atoms with Crippen molar-refractivity contribution in [1.82, 2.24) is 14.8 Å². The first-order chi connectivity index (χ1) is 13.0. The lowest BCUT2D eigenvalue weighted by molar-refractivity contribution is -0.255. The van der Waals surface area contributed by atoms with Crippen LogP contribution in [0.5, 0.6) is 0 Å². The molecule has 4 rings (SSSR count). The van der Waals surface area contributed by atoms with Crippen LogP contribution in [0.3, 0.4) is 0 Å². The Morgan fingerprint density at radius 2 is 1.67 bits per heavy atom. The van der Waals surface area contributed by atoms with Crippen molar-refractivity contribution in [2.45, 2.75) is 13.5 Å². The van der Waals surface area contributed by atoms with Crippen molar-refractivity contribution in [3.63, 3.8) is 0 Å². The van der Waals surface area contributed by atoms with E-state index in [-0.39, 0.29) is 28.8 Å². The maximum absolute atomic E-state index is 12.9. The molecular formula is C20H14N3O4-. The summed E-state index contributed by atoms with van der Waals surface area (Å²) in [6.45, 7) is 1.41. The minimum Gasteiger partial charge on any atom is -0.543 e. The molecule has 0 unspecified atom stereocenters. The molecule has 0 bridgehead atoms. The normalized spacial score (nSPS) is 11.1. The molecule has 0 aliphatic heterocycles. The van der Waals surface area contributed by atoms with Crippen LogP contribution < -0.4 is 10.7 Å². The summed E-state index contributed by atoms with van der Waals surface area (Å²) in [6, 6.07) is 13.6. The Morgan fingerprint density at radius 1 is 1.04 bits per heavy atom. The van der Waals surface area contributed by atoms with E-state index < -0.39 is 11.5 Å². The zero-order valence-corrected chi connectivity index (χ0v) is 14.4. The van der Waals surface area contributed by atoms with Gasteiger partial charge in [0.25, 0.3) is 5.56 Å². The van der Waals surface area contributed by atoms with E-state index in [0.29, 0.717) is 11.3 Å². The number of rotatable bonds is 4. The van der Waals surface area contributed by atoms with Gasteiger partial charge in [-0.05, 0) is 19.1 Å². The van der Waals surface area contributed by atoms with Gasteiger partial charge in [0.15, 0.2) is 5.78 Å². The van der Waals surface area contributed by atoms with Gasteiger partial charge in [-0.2, -0.15) is 5.10 Å². The number of carboxylic acids is 1. The van der Waals surface area contributed by atoms with Crippen molar-refractivity contribution in [3.8, 4) is 0 Å². The first-order valence-electron chi connectivity index (χ1n) is 8.29. The van der Waals surface area contributed by atoms with E-state index in [0.717, 1.165) is 15.6 Å². The van der Waals surface area contributed by atoms with Gasteiger partial charge in [0, 0.05) is 27.5 Å². The molecule has 0 aliphatic carbocycles. The van der Waals surface area contributed by atoms with E-state index in [1.165, 1.54) is 12.1 Å². The summed E-state index contributed by atoms with van der Waals surface area (Å²) in [5.41, 5.74) is 1.06. The minimum atomic E-state index is -1.50. The van der Waals surface area contributed by atoms with Crippen molar-refractivity contribution >= 4 is 33.4 Å². The van der Waals surface area contributed by atoms with Gasteiger partial charge < -0.3 is 14.9 Å². The summed E-state index contributed by atoms with van der Waals surface area (Å²) in [4.78, 5) is 40.2. The number of nitrogens with one attached hydrogen (secondary N) is 1. The number of carboxylic acid groups (broad SMARTS) is 1. The van der Waals surface area contributed by atoms with Crippen LogP contribution in [0.15, 0.2) is 53.3 Å². The molecule has 27 heavy (non-hydrogen) atoms. The number of hydrogen-bond acceptors (Lipinski definition) is 5. The third-order valence-electron chi connectivity index (χ3n) is 4.53. The van der Waals surface area contributed by atoms with Gasteiger partial charge in [-0.3, -0.25) is 9.59 Å². The third-order valence-corrected chi connectivity index (χ3v) is 4.53. The number of carbonyl (C=O) groups excluding carboxylic acids is 2. The van der Waals surface area contributed by atoms with Gasteiger partial charge in [-0.25, -0.2) is 4.68 Å². The molecule has 134 valence electrons. The number of fused-ring (bicyclic) bond motifs is 2. The van der Waals surface area contributed by atoms with Crippen LogP contribution >= 0.6 is 0 Å². The highest BCUT2D eigenvalue weighted by Crippen LogP contribution is 2.22. The molecule has 2 heterocycles. The summed E-state index contributed by atoms with van der Waals surface area (Å²) >= 11 is 0. The lowest BCUT2D eigenvalue weighted by Gasteiger charge is -2.11. The summed E-state index contributed by atoms with van der Waals surface area (Å²) in [5, 5.41) is 16.4. The van der Waals surface area contributed by atoms with Crippen LogP contribution in [-0.2, 0) is 6.54 Å². The van der Waals surface area contributed by atoms with E-state index in [9.17, 15) is 19.5 Å². The number of H-pyrrole nitrogens is 1. The quantitative estimate of drug-likeness (QED) is 0.554. The fourth-order valence-electron chi connectivity index (χ4n) is 3.34. The van der Waals surface area contributed by atoms with Gasteiger partial charge in [0.05, 0.1) is 11.4 Å². The molecule has 0 amide bonds. The molecule has 4 aromatic rings. The standard InChI is InChI=1S/C20H15N3O4/c1-11-17(14-8-4-5-9-15(14)21-11)16(24)10-23-19(25)13-7-3-2-6-12(13)18(22-23)20(26)27/h2-9,21H,10H2,1H3,(H,26,27)/p-1. The number of aromatic amines is 1. The first kappa shape index (κ1) is 16.7. The van der Waals surface area contributed by atoms with Crippen LogP contribution in [-0.4, -0.2) is 26.5 Å². The van der Waals surface area contributed by atoms with E-state index in [4.69, 9.17) is 0 Å². The van der Waals surface area contributed by atoms with Crippen LogP contribution in [0.2, 0.25) is 0 Å². The minimum absolute atomic E-state index is 0.176. The molecule has 0 saturated heterocycles. The maximum atomic E-state index is 12.9. The zero-order valence-electron chi connectivity index (χ0n) is 14.4. The van der Waals surface area contributed by atoms with Gasteiger partial charge in [-0.15, -0.1) is 0 Å². The molecule has 2 aromatic carbocycles. The van der Waals surface area contributed by atoms with Gasteiger partial charge >= 0.3 is 0 Å². The third kappa shape index (κ3) is 2.69. The SMILES string of the molecule is Cc1[nH]c2ccccc2c1C(=O)Cn1nc(C(=O)[O-])c2ccccc2c1=O. The van der Waals surface area contributed by atoms with Crippen LogP contribution in [0, 0.1) is 6.92 Å². The summed E-state index contributed by atoms with van der Waals surface area (Å²) in [6.07, 6.45) is 0.